The highest BCUT2D eigenvalue weighted by Crippen LogP contribution is 2.18. The maximum Gasteiger partial charge on any atom is 0.337 e. The van der Waals surface area contributed by atoms with Gasteiger partial charge in [0.25, 0.3) is 0 Å². The summed E-state index contributed by atoms with van der Waals surface area (Å²) in [5.41, 5.74) is -0.789. The van der Waals surface area contributed by atoms with E-state index in [9.17, 15) is 14.7 Å². The van der Waals surface area contributed by atoms with Crippen LogP contribution in [0.2, 0.25) is 0 Å². The Balaban J connectivity index is -0.000000816. The van der Waals surface area contributed by atoms with Crippen LogP contribution in [-0.2, 0) is 6.54 Å². The van der Waals surface area contributed by atoms with Gasteiger partial charge in [-0.05, 0) is 29.8 Å². The van der Waals surface area contributed by atoms with Gasteiger partial charge in [0.1, 0.15) is 0 Å². The molecule has 1 atom stereocenters. The Morgan fingerprint density at radius 1 is 1.09 bits per heavy atom. The van der Waals surface area contributed by atoms with Crippen LogP contribution in [0.4, 0.5) is 4.79 Å². The topological polar surface area (TPSA) is 76.3 Å². The zero-order valence-electron chi connectivity index (χ0n) is 23.7. The van der Waals surface area contributed by atoms with Crippen LogP contribution in [0.25, 0.3) is 12.7 Å². The Morgan fingerprint density at radius 3 is 1.82 bits per heavy atom. The Labute approximate surface area is 217 Å². The normalized spacial score (nSPS) is 12.4. The zero-order valence-corrected chi connectivity index (χ0v) is 25.3. The standard InChI is InChI=1S/C17H26BrN3O3.2C4H10.C2H6/c1-7-20-12(3)13(9-8-11(2)18)21(16(20)24)15(23)19-14(10-22)17(4,5)6;2*1-3-4-2;1-2/h8-9,14,22H,3,7,10H2,1-2,4-6H3,(H,19,23);2*3-4H2,1-2H3;1-2H3/b11-8+,13-9+;;;/t14-;;;/m1.../s1. The molecule has 0 aliphatic carbocycles. The molecule has 0 aliphatic heterocycles. The van der Waals surface area contributed by atoms with Gasteiger partial charge in [-0.2, -0.15) is 0 Å². The van der Waals surface area contributed by atoms with Crippen LogP contribution in [0.5, 0.6) is 0 Å². The number of halogens is 1. The molecular formula is C27H52BrN3O3. The van der Waals surface area contributed by atoms with Crippen LogP contribution in [0.15, 0.2) is 15.4 Å². The number of unbranched alkanes of at least 4 members (excludes halogenated alkanes) is 2. The van der Waals surface area contributed by atoms with Gasteiger partial charge in [-0.1, -0.05) is 117 Å². The molecule has 0 radical (unpaired) electrons. The first-order chi connectivity index (χ1) is 15.9. The van der Waals surface area contributed by atoms with Gasteiger partial charge in [0, 0.05) is 6.54 Å². The first-order valence-corrected chi connectivity index (χ1v) is 13.4. The fraction of sp³-hybridized carbons (Fsp3) is 0.704. The Bertz CT molecular complexity index is 849. The molecule has 1 rings (SSSR count). The molecule has 34 heavy (non-hydrogen) atoms. The molecule has 0 aromatic carbocycles. The van der Waals surface area contributed by atoms with E-state index in [-0.39, 0.29) is 12.0 Å². The van der Waals surface area contributed by atoms with E-state index in [1.165, 1.54) is 30.3 Å². The number of carbonyl (C=O) groups is 1. The number of amides is 1. The number of aromatic nitrogens is 2. The Hall–Kier alpha value is -1.60. The summed E-state index contributed by atoms with van der Waals surface area (Å²) in [6.07, 6.45) is 8.70. The molecule has 7 heteroatoms. The monoisotopic (exact) mass is 545 g/mol. The van der Waals surface area contributed by atoms with E-state index < -0.39 is 17.8 Å². The average Bonchev–Trinajstić information content (AvgIpc) is 3.05. The smallest absolute Gasteiger partial charge is 0.337 e. The fourth-order valence-electron chi connectivity index (χ4n) is 2.24. The van der Waals surface area contributed by atoms with Gasteiger partial charge in [-0.25, -0.2) is 14.2 Å². The number of nitrogens with one attached hydrogen (secondary N) is 1. The maximum absolute atomic E-state index is 12.7. The van der Waals surface area contributed by atoms with E-state index in [2.05, 4.69) is 55.5 Å². The van der Waals surface area contributed by atoms with E-state index in [1.807, 2.05) is 48.5 Å². The van der Waals surface area contributed by atoms with Crippen molar-refractivity contribution in [3.8, 4) is 0 Å². The second-order valence-corrected chi connectivity index (χ2v) is 9.92. The highest BCUT2D eigenvalue weighted by Gasteiger charge is 2.27. The molecule has 0 saturated carbocycles. The number of hydrogen-bond acceptors (Lipinski definition) is 3. The maximum atomic E-state index is 12.7. The molecule has 6 nitrogen and oxygen atoms in total. The van der Waals surface area contributed by atoms with Gasteiger partial charge in [-0.15, -0.1) is 0 Å². The Morgan fingerprint density at radius 2 is 1.53 bits per heavy atom. The Kier molecular flexibility index (Phi) is 22.6. The second-order valence-electron chi connectivity index (χ2n) is 8.66. The minimum absolute atomic E-state index is 0.213. The molecule has 1 heterocycles. The first kappa shape index (κ1) is 37.0. The molecule has 0 bridgehead atoms. The van der Waals surface area contributed by atoms with Gasteiger partial charge < -0.3 is 10.4 Å². The van der Waals surface area contributed by atoms with Crippen LogP contribution in [0, 0.1) is 5.41 Å². The van der Waals surface area contributed by atoms with E-state index >= 15 is 0 Å². The molecule has 1 aromatic rings. The van der Waals surface area contributed by atoms with Crippen molar-refractivity contribution < 1.29 is 9.90 Å². The van der Waals surface area contributed by atoms with Gasteiger partial charge in [0.15, 0.2) is 0 Å². The number of imidazole rings is 1. The lowest BCUT2D eigenvalue weighted by molar-refractivity contribution is 0.158. The van der Waals surface area contributed by atoms with Crippen molar-refractivity contribution in [2.75, 3.05) is 6.61 Å². The van der Waals surface area contributed by atoms with Crippen molar-refractivity contribution in [1.29, 1.82) is 0 Å². The third-order valence-electron chi connectivity index (χ3n) is 4.80. The minimum Gasteiger partial charge on any atom is -0.394 e. The molecule has 1 amide bonds. The summed E-state index contributed by atoms with van der Waals surface area (Å²) < 4.78 is 3.36. The van der Waals surface area contributed by atoms with Crippen molar-refractivity contribution in [1.82, 2.24) is 14.5 Å². The number of aliphatic hydroxyl groups excluding tert-OH is 1. The number of rotatable bonds is 6. The van der Waals surface area contributed by atoms with Gasteiger partial charge >= 0.3 is 11.7 Å². The molecule has 0 saturated heterocycles. The highest BCUT2D eigenvalue weighted by atomic mass is 79.9. The van der Waals surface area contributed by atoms with Crippen LogP contribution >= 0.6 is 15.9 Å². The molecule has 0 spiro atoms. The lowest BCUT2D eigenvalue weighted by Crippen LogP contribution is -2.52. The number of carbonyl (C=O) groups excluding carboxylic acids is 1. The zero-order chi connectivity index (χ0) is 27.5. The van der Waals surface area contributed by atoms with Crippen LogP contribution in [-0.4, -0.2) is 32.9 Å². The second kappa shape index (κ2) is 20.7. The van der Waals surface area contributed by atoms with Crippen LogP contribution < -0.4 is 21.7 Å². The summed E-state index contributed by atoms with van der Waals surface area (Å²) in [6.45, 7) is 26.2. The van der Waals surface area contributed by atoms with Gasteiger partial charge in [-0.3, -0.25) is 4.57 Å². The summed E-state index contributed by atoms with van der Waals surface area (Å²) in [6, 6.07) is -1.05. The number of nitrogens with zero attached hydrogens (tertiary/aromatic N) is 2. The number of hydrogen-bond donors (Lipinski definition) is 2. The van der Waals surface area contributed by atoms with Crippen molar-refractivity contribution >= 4 is 34.6 Å². The van der Waals surface area contributed by atoms with Gasteiger partial charge in [0.2, 0.25) is 0 Å². The molecule has 0 unspecified atom stereocenters. The van der Waals surface area contributed by atoms with E-state index in [0.717, 1.165) is 9.05 Å². The van der Waals surface area contributed by atoms with E-state index in [1.54, 1.807) is 12.2 Å². The minimum atomic E-state index is -0.571. The SMILES string of the molecule is C=c1/c(=C\C=C(/C)Br)n(C(=O)N[C@H](CO)C(C)(C)C)c(=O)n1CC.CC.CCCC.CCCC. The highest BCUT2D eigenvalue weighted by molar-refractivity contribution is 9.11. The summed E-state index contributed by atoms with van der Waals surface area (Å²) in [4.78, 5) is 25.2. The summed E-state index contributed by atoms with van der Waals surface area (Å²) in [5, 5.41) is 13.2. The van der Waals surface area contributed by atoms with Crippen molar-refractivity contribution in [2.45, 2.75) is 114 Å². The first-order valence-electron chi connectivity index (χ1n) is 12.6. The van der Waals surface area contributed by atoms with E-state index in [0.29, 0.717) is 17.2 Å². The predicted octanol–water partition coefficient (Wildman–Crippen LogP) is 5.76. The van der Waals surface area contributed by atoms with Gasteiger partial charge in [0.05, 0.1) is 23.3 Å². The third-order valence-corrected chi connectivity index (χ3v) is 5.06. The predicted molar refractivity (Wildman–Crippen MR) is 153 cm³/mol. The molecule has 1 aromatic heterocycles. The summed E-state index contributed by atoms with van der Waals surface area (Å²) in [5.74, 6) is 0. The molecule has 200 valence electrons. The van der Waals surface area contributed by atoms with Crippen molar-refractivity contribution in [3.05, 3.63) is 31.7 Å². The molecular weight excluding hydrogens is 494 g/mol. The summed E-state index contributed by atoms with van der Waals surface area (Å²) >= 11 is 3.32. The lowest BCUT2D eigenvalue weighted by Gasteiger charge is -2.29. The van der Waals surface area contributed by atoms with E-state index in [4.69, 9.17) is 0 Å². The lowest BCUT2D eigenvalue weighted by atomic mass is 9.87. The van der Waals surface area contributed by atoms with Crippen LogP contribution in [0.1, 0.15) is 102 Å². The quantitative estimate of drug-likeness (QED) is 0.476. The van der Waals surface area contributed by atoms with Crippen molar-refractivity contribution in [3.63, 3.8) is 0 Å². The number of allylic oxidation sites excluding steroid dienone is 2. The molecule has 2 N–H and O–H groups in total. The largest absolute Gasteiger partial charge is 0.394 e. The average molecular weight is 547 g/mol. The summed E-state index contributed by atoms with van der Waals surface area (Å²) in [7, 11) is 0. The van der Waals surface area contributed by atoms with Crippen LogP contribution in [0.3, 0.4) is 0 Å². The molecule has 0 aliphatic rings. The third kappa shape index (κ3) is 14.0. The molecule has 0 fully saturated rings. The fourth-order valence-corrected chi connectivity index (χ4v) is 2.38. The number of aliphatic hydroxyl groups is 1. The van der Waals surface area contributed by atoms with Crippen molar-refractivity contribution in [2.24, 2.45) is 5.41 Å².